The average molecular weight is 455 g/mol. The van der Waals surface area contributed by atoms with Gasteiger partial charge in [-0.15, -0.1) is 0 Å². The minimum atomic E-state index is -3.43. The van der Waals surface area contributed by atoms with Gasteiger partial charge in [0.1, 0.15) is 0 Å². The van der Waals surface area contributed by atoms with Crippen LogP contribution in [0.1, 0.15) is 30.4 Å². The Morgan fingerprint density at radius 1 is 0.875 bits per heavy atom. The van der Waals surface area contributed by atoms with Gasteiger partial charge in [-0.3, -0.25) is 0 Å². The summed E-state index contributed by atoms with van der Waals surface area (Å²) in [6.07, 6.45) is 3.16. The van der Waals surface area contributed by atoms with Crippen LogP contribution in [0.15, 0.2) is 65.1 Å². The topological polar surface area (TPSA) is 46.5 Å². The Labute approximate surface area is 151 Å². The summed E-state index contributed by atoms with van der Waals surface area (Å²) in [6.45, 7) is 0. The summed E-state index contributed by atoms with van der Waals surface area (Å²) in [5.74, 6) is 0.00661. The Morgan fingerprint density at radius 2 is 1.50 bits per heavy atom. The van der Waals surface area contributed by atoms with E-state index in [1.54, 1.807) is 0 Å². The summed E-state index contributed by atoms with van der Waals surface area (Å²) in [5.41, 5.74) is 2.12. The monoisotopic (exact) mass is 455 g/mol. The second-order valence-corrected chi connectivity index (χ2v) is 13.2. The first-order valence-corrected chi connectivity index (χ1v) is 13.9. The van der Waals surface area contributed by atoms with Crippen LogP contribution >= 0.6 is 19.8 Å². The Balaban J connectivity index is 1.77. The van der Waals surface area contributed by atoms with Crippen LogP contribution in [0.4, 0.5) is 0 Å². The van der Waals surface area contributed by atoms with Crippen molar-refractivity contribution in [1.29, 1.82) is 0 Å². The summed E-state index contributed by atoms with van der Waals surface area (Å²) in [4.78, 5) is 0. The quantitative estimate of drug-likeness (QED) is 0.480. The standard InChI is InChI=1S/C19H22INO2S/c22-24(23,16-18-11-5-2-6-12-18)21-19-13-7-8-14-20(19)15-17-9-3-1-4-10-17/h1-6,9-12H,7-8,13-16H2. The van der Waals surface area contributed by atoms with Gasteiger partial charge in [-0.2, -0.15) is 0 Å². The molecular weight excluding hydrogens is 433 g/mol. The van der Waals surface area contributed by atoms with Gasteiger partial charge in [-0.25, -0.2) is 0 Å². The molecule has 1 saturated heterocycles. The maximum absolute atomic E-state index is 12.5. The molecule has 0 radical (unpaired) electrons. The molecule has 0 spiro atoms. The number of hydrogen-bond acceptors (Lipinski definition) is 2. The van der Waals surface area contributed by atoms with Gasteiger partial charge in [-0.1, -0.05) is 0 Å². The van der Waals surface area contributed by atoms with E-state index in [1.807, 2.05) is 36.4 Å². The molecular formula is C19H22INO2S. The van der Waals surface area contributed by atoms with Crippen LogP contribution in [-0.4, -0.2) is 16.6 Å². The molecule has 0 unspecified atom stereocenters. The van der Waals surface area contributed by atoms with Crippen molar-refractivity contribution in [2.45, 2.75) is 29.4 Å². The van der Waals surface area contributed by atoms with Gasteiger partial charge >= 0.3 is 152 Å². The molecule has 24 heavy (non-hydrogen) atoms. The first-order chi connectivity index (χ1) is 11.6. The van der Waals surface area contributed by atoms with E-state index in [9.17, 15) is 8.42 Å². The van der Waals surface area contributed by atoms with Gasteiger partial charge in [0, 0.05) is 0 Å². The zero-order valence-electron chi connectivity index (χ0n) is 13.6. The molecule has 3 nitrogen and oxygen atoms in total. The Morgan fingerprint density at radius 3 is 2.17 bits per heavy atom. The first kappa shape index (κ1) is 17.6. The Hall–Kier alpha value is -1.21. The molecule has 128 valence electrons. The van der Waals surface area contributed by atoms with E-state index in [1.165, 1.54) is 16.4 Å². The third-order valence-electron chi connectivity index (χ3n) is 3.89. The molecule has 0 saturated carbocycles. The molecule has 0 N–H and O–H groups in total. The van der Waals surface area contributed by atoms with Crippen molar-refractivity contribution in [3.05, 3.63) is 71.8 Å². The number of benzene rings is 2. The van der Waals surface area contributed by atoms with Gasteiger partial charge in [0.25, 0.3) is 0 Å². The van der Waals surface area contributed by atoms with E-state index in [2.05, 4.69) is 28.7 Å². The molecule has 0 aromatic heterocycles. The van der Waals surface area contributed by atoms with Crippen molar-refractivity contribution >= 4 is 33.6 Å². The number of sulfonamides is 1. The van der Waals surface area contributed by atoms with Crippen LogP contribution in [0.5, 0.6) is 0 Å². The molecule has 2 aromatic rings. The van der Waals surface area contributed by atoms with Crippen LogP contribution < -0.4 is 0 Å². The molecule has 5 heteroatoms. The molecule has 1 fully saturated rings. The number of alkyl halides is 2. The predicted molar refractivity (Wildman–Crippen MR) is 109 cm³/mol. The van der Waals surface area contributed by atoms with Crippen molar-refractivity contribution in [2.24, 2.45) is 4.40 Å². The Bertz CT molecular complexity index is 789. The van der Waals surface area contributed by atoms with Crippen LogP contribution in [0.3, 0.4) is 0 Å². The molecule has 0 aliphatic carbocycles. The van der Waals surface area contributed by atoms with Crippen LogP contribution in [0, 0.1) is 0 Å². The normalized spacial score (nSPS) is 18.7. The third-order valence-corrected chi connectivity index (χ3v) is 11.8. The summed E-state index contributed by atoms with van der Waals surface area (Å²) < 4.78 is 32.5. The zero-order valence-corrected chi connectivity index (χ0v) is 16.5. The number of hydrogen-bond donors (Lipinski definition) is 0. The van der Waals surface area contributed by atoms with E-state index in [0.29, 0.717) is 0 Å². The fourth-order valence-electron chi connectivity index (χ4n) is 2.73. The van der Waals surface area contributed by atoms with Crippen LogP contribution in [0.2, 0.25) is 0 Å². The van der Waals surface area contributed by atoms with Gasteiger partial charge in [0.05, 0.1) is 0 Å². The molecule has 0 atom stereocenters. The molecule has 2 aromatic carbocycles. The van der Waals surface area contributed by atoms with E-state index in [-0.39, 0.29) is 5.75 Å². The maximum atomic E-state index is 12.5. The molecule has 1 aliphatic heterocycles. The summed E-state index contributed by atoms with van der Waals surface area (Å²) in [5, 5.41) is 0. The van der Waals surface area contributed by atoms with Gasteiger partial charge in [0.2, 0.25) is 0 Å². The predicted octanol–water partition coefficient (Wildman–Crippen LogP) is 4.81. The number of nitrogens with zero attached hydrogens (tertiary/aromatic N) is 1. The Kier molecular flexibility index (Phi) is 6.05. The van der Waals surface area contributed by atoms with Crippen molar-refractivity contribution in [3.8, 4) is 0 Å². The van der Waals surface area contributed by atoms with E-state index in [4.69, 9.17) is 0 Å². The second-order valence-electron chi connectivity index (χ2n) is 5.90. The molecule has 0 bridgehead atoms. The third kappa shape index (κ3) is 5.14. The van der Waals surface area contributed by atoms with Crippen molar-refractivity contribution in [2.75, 3.05) is 4.43 Å². The molecule has 1 aliphatic rings. The second kappa shape index (κ2) is 8.25. The van der Waals surface area contributed by atoms with Gasteiger partial charge < -0.3 is 0 Å². The van der Waals surface area contributed by atoms with Crippen LogP contribution in [0.25, 0.3) is 0 Å². The molecule has 3 rings (SSSR count). The summed E-state index contributed by atoms with van der Waals surface area (Å²) >= 11 is -1.50. The summed E-state index contributed by atoms with van der Waals surface area (Å²) in [7, 11) is -3.43. The number of halogens is 1. The van der Waals surface area contributed by atoms with Gasteiger partial charge in [-0.05, 0) is 0 Å². The van der Waals surface area contributed by atoms with Crippen molar-refractivity contribution in [3.63, 3.8) is 0 Å². The summed E-state index contributed by atoms with van der Waals surface area (Å²) in [6, 6.07) is 19.7. The fraction of sp³-hybridized carbons (Fsp3) is 0.316. The fourth-order valence-corrected chi connectivity index (χ4v) is 11.3. The first-order valence-electron chi connectivity index (χ1n) is 8.13. The van der Waals surface area contributed by atoms with Gasteiger partial charge in [0.15, 0.2) is 0 Å². The molecule has 0 amide bonds. The minimum absolute atomic E-state index is 0.00661. The van der Waals surface area contributed by atoms with Crippen molar-refractivity contribution < 1.29 is 8.42 Å². The van der Waals surface area contributed by atoms with Crippen LogP contribution in [-0.2, 0) is 20.2 Å². The van der Waals surface area contributed by atoms with E-state index < -0.39 is 29.8 Å². The number of rotatable bonds is 5. The van der Waals surface area contributed by atoms with E-state index in [0.717, 1.165) is 26.6 Å². The van der Waals surface area contributed by atoms with E-state index >= 15 is 0 Å². The van der Waals surface area contributed by atoms with Crippen molar-refractivity contribution in [1.82, 2.24) is 0 Å². The zero-order chi connectivity index (χ0) is 16.8. The average Bonchev–Trinajstić information content (AvgIpc) is 2.58. The molecule has 1 heterocycles. The SMILES string of the molecule is O=S(=O)(Cc1ccccc1)N=C1CCCCI1Cc1ccccc1.